The molecule has 0 rings (SSSR count). The average Bonchev–Trinajstić information content (AvgIpc) is 3.03. The molecule has 0 radical (unpaired) electrons. The normalized spacial score (nSPS) is 13.3. The van der Waals surface area contributed by atoms with Gasteiger partial charge in [-0.2, -0.15) is 0 Å². The molecule has 48 heavy (non-hydrogen) atoms. The number of allylic oxidation sites excluding steroid dienone is 4. The van der Waals surface area contributed by atoms with Crippen LogP contribution in [0.3, 0.4) is 0 Å². The van der Waals surface area contributed by atoms with Crippen LogP contribution in [0.1, 0.15) is 162 Å². The third-order valence-electron chi connectivity index (χ3n) is 8.60. The van der Waals surface area contributed by atoms with E-state index in [2.05, 4.69) is 32.1 Å². The van der Waals surface area contributed by atoms with E-state index in [-0.39, 0.29) is 49.1 Å². The molecule has 2 atom stereocenters. The number of ether oxygens (including phenoxy) is 3. The molecule has 0 aromatic heterocycles. The summed E-state index contributed by atoms with van der Waals surface area (Å²) in [5.74, 6) is -1.82. The fraction of sp³-hybridized carbons (Fsp3) is 0.825. The highest BCUT2D eigenvalue weighted by atomic mass is 16.6. The smallest absolute Gasteiger partial charge is 0.306 e. The van der Waals surface area contributed by atoms with Crippen LogP contribution < -0.4 is 5.11 Å². The van der Waals surface area contributed by atoms with E-state index < -0.39 is 18.1 Å². The van der Waals surface area contributed by atoms with Gasteiger partial charge in [0.05, 0.1) is 40.3 Å². The van der Waals surface area contributed by atoms with Crippen LogP contribution in [-0.2, 0) is 28.6 Å². The summed E-state index contributed by atoms with van der Waals surface area (Å²) >= 11 is 0. The summed E-state index contributed by atoms with van der Waals surface area (Å²) in [6, 6.07) is -0.728. The molecule has 0 aromatic rings. The Bertz CT molecular complexity index is 849. The summed E-state index contributed by atoms with van der Waals surface area (Å²) in [5.41, 5.74) is 0. The van der Waals surface area contributed by atoms with E-state index >= 15 is 0 Å². The molecule has 0 saturated carbocycles. The second-order valence-electron chi connectivity index (χ2n) is 14.2. The van der Waals surface area contributed by atoms with E-state index in [9.17, 15) is 19.5 Å². The van der Waals surface area contributed by atoms with Crippen LogP contribution >= 0.6 is 0 Å². The second kappa shape index (κ2) is 32.0. The van der Waals surface area contributed by atoms with Crippen molar-refractivity contribution in [2.75, 3.05) is 41.0 Å². The average molecular weight is 680 g/mol. The summed E-state index contributed by atoms with van der Waals surface area (Å²) in [6.45, 7) is 4.57. The van der Waals surface area contributed by atoms with Gasteiger partial charge in [0, 0.05) is 19.3 Å². The molecule has 0 N–H and O–H groups in total. The Morgan fingerprint density at radius 3 is 1.69 bits per heavy atom. The number of quaternary nitrogens is 1. The summed E-state index contributed by atoms with van der Waals surface area (Å²) < 4.78 is 17.0. The van der Waals surface area contributed by atoms with E-state index in [1.165, 1.54) is 89.9 Å². The summed E-state index contributed by atoms with van der Waals surface area (Å²) in [7, 11) is 5.38. The van der Waals surface area contributed by atoms with E-state index in [0.29, 0.717) is 12.8 Å². The van der Waals surface area contributed by atoms with Gasteiger partial charge in [0.25, 0.3) is 0 Å². The minimum atomic E-state index is -1.13. The van der Waals surface area contributed by atoms with E-state index in [1.54, 1.807) is 21.1 Å². The molecule has 8 nitrogen and oxygen atoms in total. The highest BCUT2D eigenvalue weighted by molar-refractivity contribution is 5.70. The molecule has 0 fully saturated rings. The molecule has 280 valence electrons. The number of esters is 2. The van der Waals surface area contributed by atoms with Crippen molar-refractivity contribution in [3.63, 3.8) is 0 Å². The lowest BCUT2D eigenvalue weighted by molar-refractivity contribution is -0.889. The Labute approximate surface area is 294 Å². The Kier molecular flexibility index (Phi) is 30.6. The molecular weight excluding hydrogens is 606 g/mol. The predicted octanol–water partition coefficient (Wildman–Crippen LogP) is 8.41. The fourth-order valence-corrected chi connectivity index (χ4v) is 5.53. The zero-order valence-corrected chi connectivity index (χ0v) is 31.7. The van der Waals surface area contributed by atoms with Gasteiger partial charge in [-0.1, -0.05) is 134 Å². The molecule has 0 aliphatic rings. The molecule has 0 aromatic carbocycles. The topological polar surface area (TPSA) is 102 Å². The molecular formula is C40H73NO7. The number of carboxylic acids is 1. The highest BCUT2D eigenvalue weighted by Crippen LogP contribution is 2.13. The van der Waals surface area contributed by atoms with Gasteiger partial charge in [-0.25, -0.2) is 0 Å². The number of aliphatic carboxylic acids is 1. The molecule has 0 amide bonds. The zero-order chi connectivity index (χ0) is 35.7. The van der Waals surface area contributed by atoms with Gasteiger partial charge in [0.15, 0.2) is 6.10 Å². The van der Waals surface area contributed by atoms with Gasteiger partial charge in [0.2, 0.25) is 0 Å². The van der Waals surface area contributed by atoms with Crippen molar-refractivity contribution in [1.29, 1.82) is 0 Å². The molecule has 0 aliphatic carbocycles. The van der Waals surface area contributed by atoms with Gasteiger partial charge in [0.1, 0.15) is 12.6 Å². The molecule has 8 heteroatoms. The quantitative estimate of drug-likeness (QED) is 0.0291. The minimum absolute atomic E-state index is 0.0269. The maximum Gasteiger partial charge on any atom is 0.306 e. The Morgan fingerprint density at radius 2 is 1.15 bits per heavy atom. The van der Waals surface area contributed by atoms with Crippen molar-refractivity contribution in [1.82, 2.24) is 0 Å². The number of likely N-dealkylation sites (N-methyl/N-ethyl adjacent to an activating group) is 1. The van der Waals surface area contributed by atoms with Crippen molar-refractivity contribution in [3.05, 3.63) is 24.3 Å². The van der Waals surface area contributed by atoms with Gasteiger partial charge in [-0.3, -0.25) is 9.59 Å². The van der Waals surface area contributed by atoms with Crippen molar-refractivity contribution in [3.8, 4) is 0 Å². The lowest BCUT2D eigenvalue weighted by atomic mass is 10.1. The van der Waals surface area contributed by atoms with Gasteiger partial charge in [-0.05, 0) is 32.1 Å². The fourth-order valence-electron chi connectivity index (χ4n) is 5.53. The van der Waals surface area contributed by atoms with E-state index in [4.69, 9.17) is 14.2 Å². The largest absolute Gasteiger partial charge is 0.544 e. The van der Waals surface area contributed by atoms with Crippen LogP contribution in [0, 0.1) is 0 Å². The minimum Gasteiger partial charge on any atom is -0.544 e. The summed E-state index contributed by atoms with van der Waals surface area (Å²) in [6.07, 6.45) is 32.1. The lowest BCUT2D eigenvalue weighted by Crippen LogP contribution is -2.55. The third kappa shape index (κ3) is 29.9. The second-order valence-corrected chi connectivity index (χ2v) is 14.2. The Hall–Kier alpha value is -2.19. The maximum atomic E-state index is 12.6. The van der Waals surface area contributed by atoms with Crippen LogP contribution in [-0.4, -0.2) is 75.5 Å². The van der Waals surface area contributed by atoms with Crippen molar-refractivity contribution in [2.45, 2.75) is 174 Å². The monoisotopic (exact) mass is 680 g/mol. The van der Waals surface area contributed by atoms with Crippen LogP contribution in [0.5, 0.6) is 0 Å². The van der Waals surface area contributed by atoms with Gasteiger partial charge < -0.3 is 28.6 Å². The molecule has 0 bridgehead atoms. The predicted molar refractivity (Wildman–Crippen MR) is 194 cm³/mol. The Morgan fingerprint density at radius 1 is 0.625 bits per heavy atom. The summed E-state index contributed by atoms with van der Waals surface area (Å²) in [4.78, 5) is 36.6. The SMILES string of the molecule is CCCCCCCC/C=C/C/C=C/CCC(=O)OCC(COCCC(C(=O)[O-])[N+](C)(C)C)OC(=O)CCCCCCCCCCCCC. The first-order valence-corrected chi connectivity index (χ1v) is 19.4. The number of hydrogen-bond acceptors (Lipinski definition) is 7. The van der Waals surface area contributed by atoms with Gasteiger partial charge in [-0.15, -0.1) is 0 Å². The van der Waals surface area contributed by atoms with Crippen LogP contribution in [0.15, 0.2) is 24.3 Å². The molecule has 0 aliphatic heterocycles. The first-order chi connectivity index (χ1) is 23.1. The first kappa shape index (κ1) is 45.8. The molecule has 2 unspecified atom stereocenters. The number of unbranched alkanes of at least 4 members (excludes halogenated alkanes) is 16. The van der Waals surface area contributed by atoms with Crippen molar-refractivity contribution >= 4 is 17.9 Å². The van der Waals surface area contributed by atoms with Crippen LogP contribution in [0.25, 0.3) is 0 Å². The molecule has 0 saturated heterocycles. The van der Waals surface area contributed by atoms with Crippen molar-refractivity contribution < 1.29 is 38.2 Å². The number of carbonyl (C=O) groups is 3. The van der Waals surface area contributed by atoms with Crippen molar-refractivity contribution in [2.24, 2.45) is 0 Å². The molecule has 0 heterocycles. The van der Waals surface area contributed by atoms with Crippen LogP contribution in [0.2, 0.25) is 0 Å². The van der Waals surface area contributed by atoms with E-state index in [1.807, 2.05) is 6.08 Å². The van der Waals surface area contributed by atoms with E-state index in [0.717, 1.165) is 32.1 Å². The van der Waals surface area contributed by atoms with Gasteiger partial charge >= 0.3 is 11.9 Å². The Balaban J connectivity index is 4.49. The number of hydrogen-bond donors (Lipinski definition) is 0. The lowest BCUT2D eigenvalue weighted by Gasteiger charge is -2.34. The zero-order valence-electron chi connectivity index (χ0n) is 31.7. The third-order valence-corrected chi connectivity index (χ3v) is 8.60. The number of nitrogens with zero attached hydrogens (tertiary/aromatic N) is 1. The number of carboxylic acid groups (broad SMARTS) is 1. The molecule has 0 spiro atoms. The summed E-state index contributed by atoms with van der Waals surface area (Å²) in [5, 5.41) is 11.6. The number of rotatable bonds is 34. The standard InChI is InChI=1S/C40H73NO7/c1-6-8-10-12-14-16-18-19-21-22-24-26-28-30-38(42)47-35-36(34-46-33-32-37(40(44)45)41(3,4)5)48-39(43)31-29-27-25-23-20-17-15-13-11-9-7-2/h19,21,24,26,36-37H,6-18,20,22-23,25,27-35H2,1-5H3/b21-19+,26-24+. The highest BCUT2D eigenvalue weighted by Gasteiger charge is 2.25. The maximum absolute atomic E-state index is 12.6. The first-order valence-electron chi connectivity index (χ1n) is 19.4. The number of carbonyl (C=O) groups excluding carboxylic acids is 3. The van der Waals surface area contributed by atoms with Crippen LogP contribution in [0.4, 0.5) is 0 Å².